The zero-order chi connectivity index (χ0) is 55.3. The van der Waals surface area contributed by atoms with Gasteiger partial charge < -0.3 is 0 Å². The van der Waals surface area contributed by atoms with Crippen LogP contribution in [0.1, 0.15) is 41.4 Å². The second kappa shape index (κ2) is 20.5. The molecule has 0 saturated heterocycles. The highest BCUT2D eigenvalue weighted by atomic mass is 16.2. The van der Waals surface area contributed by atoms with E-state index in [0.29, 0.717) is 62.1 Å². The van der Waals surface area contributed by atoms with Crippen molar-refractivity contribution in [1.82, 2.24) is 15.0 Å². The lowest BCUT2D eigenvalue weighted by Gasteiger charge is -2.28. The van der Waals surface area contributed by atoms with Crippen molar-refractivity contribution in [1.29, 1.82) is 0 Å². The number of para-hydroxylation sites is 2. The number of benzene rings is 12. The molecule has 2 aliphatic rings. The molecule has 0 bridgehead atoms. The Balaban J connectivity index is 0.000000150. The van der Waals surface area contributed by atoms with Crippen molar-refractivity contribution in [2.75, 3.05) is 9.80 Å². The van der Waals surface area contributed by atoms with Gasteiger partial charge in [0.2, 0.25) is 0 Å². The molecule has 2 aliphatic heterocycles. The molecule has 1 aromatic heterocycles. The van der Waals surface area contributed by atoms with E-state index in [9.17, 15) is 19.2 Å². The van der Waals surface area contributed by atoms with Crippen LogP contribution < -0.4 is 9.80 Å². The second-order valence-electron chi connectivity index (χ2n) is 20.0. The molecule has 4 amide bonds. The first-order valence-corrected chi connectivity index (χ1v) is 26.9. The van der Waals surface area contributed by atoms with E-state index in [1.807, 2.05) is 152 Å². The third-order valence-corrected chi connectivity index (χ3v) is 15.3. The monoisotopic (exact) mass is 1060 g/mol. The maximum absolute atomic E-state index is 13.7. The Morgan fingerprint density at radius 2 is 0.512 bits per heavy atom. The molecule has 0 spiro atoms. The average molecular weight is 1060 g/mol. The van der Waals surface area contributed by atoms with Crippen LogP contribution in [-0.4, -0.2) is 38.6 Å². The fraction of sp³-hybridized carbons (Fsp3) is 0. The number of aromatic nitrogens is 3. The molecular formula is C73H45N5O4. The first-order valence-electron chi connectivity index (χ1n) is 26.9. The molecule has 12 aromatic carbocycles. The summed E-state index contributed by atoms with van der Waals surface area (Å²) in [6, 6.07) is 88.1. The van der Waals surface area contributed by atoms with Gasteiger partial charge in [0.25, 0.3) is 23.6 Å². The van der Waals surface area contributed by atoms with E-state index < -0.39 is 0 Å². The lowest BCUT2D eigenvalue weighted by Crippen LogP contribution is -2.40. The van der Waals surface area contributed by atoms with Gasteiger partial charge in [-0.3, -0.25) is 19.2 Å². The quantitative estimate of drug-likeness (QED) is 0.139. The summed E-state index contributed by atoms with van der Waals surface area (Å²) < 4.78 is 0. The van der Waals surface area contributed by atoms with Crippen molar-refractivity contribution in [2.45, 2.75) is 0 Å². The Morgan fingerprint density at radius 1 is 0.207 bits per heavy atom. The van der Waals surface area contributed by atoms with E-state index in [1.54, 1.807) is 36.4 Å². The highest BCUT2D eigenvalue weighted by Gasteiger charge is 2.36. The molecule has 0 saturated carbocycles. The lowest BCUT2D eigenvalue weighted by atomic mass is 9.86. The summed E-state index contributed by atoms with van der Waals surface area (Å²) >= 11 is 0. The van der Waals surface area contributed by atoms with Gasteiger partial charge in [-0.2, -0.15) is 0 Å². The highest BCUT2D eigenvalue weighted by Crippen LogP contribution is 2.43. The number of hydrogen-bond donors (Lipinski definition) is 0. The Bertz CT molecular complexity index is 4650. The van der Waals surface area contributed by atoms with Gasteiger partial charge in [0.15, 0.2) is 17.5 Å². The van der Waals surface area contributed by atoms with E-state index in [-0.39, 0.29) is 23.6 Å². The van der Waals surface area contributed by atoms with Crippen LogP contribution in [0.5, 0.6) is 0 Å². The van der Waals surface area contributed by atoms with Crippen LogP contribution in [0.4, 0.5) is 11.4 Å². The maximum Gasteiger partial charge on any atom is 0.265 e. The van der Waals surface area contributed by atoms with Crippen molar-refractivity contribution in [3.63, 3.8) is 0 Å². The van der Waals surface area contributed by atoms with Crippen LogP contribution in [0, 0.1) is 0 Å². The Morgan fingerprint density at radius 3 is 1.01 bits per heavy atom. The molecule has 0 atom stereocenters. The number of anilines is 2. The minimum atomic E-state index is -0.360. The molecule has 0 radical (unpaired) electrons. The van der Waals surface area contributed by atoms with Crippen molar-refractivity contribution >= 4 is 67.3 Å². The topological polar surface area (TPSA) is 113 Å². The number of fused-ring (bicyclic) bond motifs is 1. The predicted molar refractivity (Wildman–Crippen MR) is 327 cm³/mol. The first-order chi connectivity index (χ1) is 40.4. The van der Waals surface area contributed by atoms with Crippen LogP contribution in [0.3, 0.4) is 0 Å². The van der Waals surface area contributed by atoms with Gasteiger partial charge in [-0.25, -0.2) is 24.8 Å². The largest absolute Gasteiger partial charge is 0.268 e. The van der Waals surface area contributed by atoms with Crippen molar-refractivity contribution in [2.24, 2.45) is 0 Å². The number of carbonyl (C=O) groups is 4. The Hall–Kier alpha value is -11.3. The highest BCUT2D eigenvalue weighted by molar-refractivity contribution is 6.38. The molecule has 0 N–H and O–H groups in total. The SMILES string of the molecule is O=C1c2cccc3c(-c4ccc(-c5ccccc5)c5ccccc45)ccc(c23)C(=O)N1c1ccccc1.O=C1c2cccc3c(-c4nc(-c5ccccc5)nc(-c5ccc(-c6ccccc6)cc5)n4)ccc(c23)C(=O)N1c1ccccc1. The minimum Gasteiger partial charge on any atom is -0.268 e. The third-order valence-electron chi connectivity index (χ3n) is 15.3. The van der Waals surface area contributed by atoms with Crippen LogP contribution in [0.25, 0.3) is 99.9 Å². The fourth-order valence-electron chi connectivity index (χ4n) is 11.4. The van der Waals surface area contributed by atoms with Gasteiger partial charge in [0.1, 0.15) is 0 Å². The number of imide groups is 2. The summed E-state index contributed by atoms with van der Waals surface area (Å²) in [6.45, 7) is 0. The van der Waals surface area contributed by atoms with Gasteiger partial charge >= 0.3 is 0 Å². The molecule has 9 heteroatoms. The summed E-state index contributed by atoms with van der Waals surface area (Å²) in [4.78, 5) is 71.9. The van der Waals surface area contributed by atoms with Crippen LogP contribution >= 0.6 is 0 Å². The normalized spacial score (nSPS) is 12.7. The second-order valence-corrected chi connectivity index (χ2v) is 20.0. The minimum absolute atomic E-state index is 0.296. The fourth-order valence-corrected chi connectivity index (χ4v) is 11.4. The zero-order valence-corrected chi connectivity index (χ0v) is 43.8. The van der Waals surface area contributed by atoms with Crippen LogP contribution in [0.15, 0.2) is 273 Å². The predicted octanol–water partition coefficient (Wildman–Crippen LogP) is 16.6. The summed E-state index contributed by atoms with van der Waals surface area (Å²) in [7, 11) is 0. The van der Waals surface area contributed by atoms with Gasteiger partial charge in [-0.1, -0.05) is 218 Å². The van der Waals surface area contributed by atoms with Gasteiger partial charge in [-0.05, 0) is 110 Å². The standard InChI is InChI=1S/C39H24N4O2.C34H21NO2/c44-38-32-18-10-17-30-31(23-24-33(34(30)32)39(45)43(38)29-15-8-3-9-16-29)37-41-35(27-13-6-2-7-14-27)40-36(42-37)28-21-19-26(20-22-28)25-11-4-1-5-12-25;36-33-30-17-9-16-29-28(20-21-31(32(29)30)34(37)35(33)23-12-5-2-6-13-23)27-19-18-24(22-10-3-1-4-11-22)25-14-7-8-15-26(25)27/h1-24H;1-21H. The van der Waals surface area contributed by atoms with Gasteiger partial charge in [0.05, 0.1) is 11.4 Å². The zero-order valence-electron chi connectivity index (χ0n) is 43.8. The van der Waals surface area contributed by atoms with E-state index >= 15 is 0 Å². The third kappa shape index (κ3) is 8.48. The number of hydrogen-bond acceptors (Lipinski definition) is 7. The smallest absolute Gasteiger partial charge is 0.265 e. The molecule has 386 valence electrons. The molecular weight excluding hydrogens is 1010 g/mol. The number of carbonyl (C=O) groups excluding carboxylic acids is 4. The number of nitrogens with zero attached hydrogens (tertiary/aromatic N) is 5. The molecule has 82 heavy (non-hydrogen) atoms. The molecule has 9 nitrogen and oxygen atoms in total. The van der Waals surface area contributed by atoms with E-state index in [0.717, 1.165) is 60.3 Å². The molecule has 13 aromatic rings. The maximum atomic E-state index is 13.7. The van der Waals surface area contributed by atoms with E-state index in [4.69, 9.17) is 15.0 Å². The number of amides is 4. The van der Waals surface area contributed by atoms with Crippen molar-refractivity contribution < 1.29 is 19.2 Å². The molecule has 3 heterocycles. The van der Waals surface area contributed by atoms with Crippen LogP contribution in [-0.2, 0) is 0 Å². The van der Waals surface area contributed by atoms with Crippen molar-refractivity contribution in [3.8, 4) is 67.5 Å². The van der Waals surface area contributed by atoms with Crippen molar-refractivity contribution in [3.05, 3.63) is 295 Å². The van der Waals surface area contributed by atoms with Crippen LogP contribution in [0.2, 0.25) is 0 Å². The summed E-state index contributed by atoms with van der Waals surface area (Å²) in [5.74, 6) is 0.209. The van der Waals surface area contributed by atoms with E-state index in [2.05, 4.69) is 84.9 Å². The molecule has 0 unspecified atom stereocenters. The van der Waals surface area contributed by atoms with E-state index in [1.165, 1.54) is 20.9 Å². The summed E-state index contributed by atoms with van der Waals surface area (Å²) in [6.07, 6.45) is 0. The van der Waals surface area contributed by atoms with Gasteiger partial charge in [-0.15, -0.1) is 0 Å². The molecule has 0 aliphatic carbocycles. The molecule has 0 fully saturated rings. The lowest BCUT2D eigenvalue weighted by molar-refractivity contribution is 0.0877. The molecule has 15 rings (SSSR count). The Labute approximate surface area is 471 Å². The number of rotatable bonds is 8. The summed E-state index contributed by atoms with van der Waals surface area (Å²) in [5.41, 5.74) is 12.2. The van der Waals surface area contributed by atoms with Gasteiger partial charge in [0, 0.05) is 49.7 Å². The average Bonchev–Trinajstić information content (AvgIpc) is 2.62. The summed E-state index contributed by atoms with van der Waals surface area (Å²) in [5, 5.41) is 5.25. The first kappa shape index (κ1) is 49.0. The Kier molecular flexibility index (Phi) is 12.3.